The quantitative estimate of drug-likeness (QED) is 0.556. The zero-order valence-electron chi connectivity index (χ0n) is 13.8. The lowest BCUT2D eigenvalue weighted by Gasteiger charge is -2.06. The summed E-state index contributed by atoms with van der Waals surface area (Å²) in [6.07, 6.45) is 1.71. The highest BCUT2D eigenvalue weighted by Crippen LogP contribution is 2.16. The third-order valence-corrected chi connectivity index (χ3v) is 3.80. The van der Waals surface area contributed by atoms with Gasteiger partial charge in [-0.25, -0.2) is 10.4 Å². The average Bonchev–Trinajstić information content (AvgIpc) is 2.59. The molecule has 3 rings (SSSR count). The van der Waals surface area contributed by atoms with Gasteiger partial charge in [0.2, 0.25) is 5.95 Å². The molecule has 0 spiro atoms. The number of hydrazone groups is 1. The van der Waals surface area contributed by atoms with E-state index in [2.05, 4.69) is 51.7 Å². The monoisotopic (exact) mass is 320 g/mol. The van der Waals surface area contributed by atoms with Crippen molar-refractivity contribution in [3.05, 3.63) is 70.1 Å². The summed E-state index contributed by atoms with van der Waals surface area (Å²) in [6.45, 7) is 3.98. The molecule has 0 bridgehead atoms. The fraction of sp³-hybridized carbons (Fsp3) is 0.211. The number of H-pyrrole nitrogens is 1. The van der Waals surface area contributed by atoms with E-state index in [4.69, 9.17) is 0 Å². The molecule has 0 aliphatic carbocycles. The number of hydrogen-bond acceptors (Lipinski definition) is 4. The fourth-order valence-electron chi connectivity index (χ4n) is 2.56. The Hall–Kier alpha value is -2.95. The number of aromatic nitrogens is 2. The van der Waals surface area contributed by atoms with Crippen LogP contribution >= 0.6 is 0 Å². The zero-order chi connectivity index (χ0) is 16.9. The van der Waals surface area contributed by atoms with E-state index >= 15 is 0 Å². The molecule has 5 heteroatoms. The summed E-state index contributed by atoms with van der Waals surface area (Å²) in [5.74, 6) is 0.367. The zero-order valence-corrected chi connectivity index (χ0v) is 13.8. The number of aromatic amines is 1. The normalized spacial score (nSPS) is 11.7. The van der Waals surface area contributed by atoms with Crippen LogP contribution in [-0.2, 0) is 6.42 Å². The first-order valence-corrected chi connectivity index (χ1v) is 8.05. The van der Waals surface area contributed by atoms with Gasteiger partial charge in [0.25, 0.3) is 5.56 Å². The Balaban J connectivity index is 1.83. The predicted octanol–water partition coefficient (Wildman–Crippen LogP) is 3.71. The summed E-state index contributed by atoms with van der Waals surface area (Å²) in [5, 5.41) is 6.71. The third-order valence-electron chi connectivity index (χ3n) is 3.80. The highest BCUT2D eigenvalue weighted by molar-refractivity contribution is 6.02. The minimum absolute atomic E-state index is 0.172. The first-order valence-electron chi connectivity index (χ1n) is 8.05. The second-order valence-corrected chi connectivity index (χ2v) is 5.71. The number of anilines is 1. The number of nitrogens with zero attached hydrogens (tertiary/aromatic N) is 2. The lowest BCUT2D eigenvalue weighted by Crippen LogP contribution is -2.12. The summed E-state index contributed by atoms with van der Waals surface area (Å²) >= 11 is 0. The molecule has 0 aliphatic rings. The van der Waals surface area contributed by atoms with Crippen LogP contribution in [0.1, 0.15) is 31.5 Å². The van der Waals surface area contributed by atoms with Crippen LogP contribution in [0.25, 0.3) is 10.8 Å². The smallest absolute Gasteiger partial charge is 0.252 e. The lowest BCUT2D eigenvalue weighted by molar-refractivity contribution is 0.867. The molecule has 122 valence electrons. The fourth-order valence-corrected chi connectivity index (χ4v) is 2.56. The number of benzene rings is 2. The molecular weight excluding hydrogens is 300 g/mol. The highest BCUT2D eigenvalue weighted by atomic mass is 16.1. The van der Waals surface area contributed by atoms with Crippen molar-refractivity contribution in [1.29, 1.82) is 0 Å². The molecule has 1 aromatic heterocycles. The van der Waals surface area contributed by atoms with E-state index < -0.39 is 0 Å². The molecule has 0 fully saturated rings. The first-order chi connectivity index (χ1) is 11.7. The Morgan fingerprint density at radius 2 is 1.96 bits per heavy atom. The van der Waals surface area contributed by atoms with Gasteiger partial charge >= 0.3 is 0 Å². The van der Waals surface area contributed by atoms with E-state index in [1.54, 1.807) is 0 Å². The van der Waals surface area contributed by atoms with Gasteiger partial charge in [0.15, 0.2) is 0 Å². The number of rotatable bonds is 5. The van der Waals surface area contributed by atoms with Crippen LogP contribution in [0.5, 0.6) is 0 Å². The van der Waals surface area contributed by atoms with Gasteiger partial charge in [-0.15, -0.1) is 0 Å². The van der Waals surface area contributed by atoms with Crippen molar-refractivity contribution >= 4 is 22.4 Å². The van der Waals surface area contributed by atoms with Gasteiger partial charge < -0.3 is 0 Å². The van der Waals surface area contributed by atoms with Crippen LogP contribution in [-0.4, -0.2) is 15.7 Å². The predicted molar refractivity (Wildman–Crippen MR) is 98.6 cm³/mol. The molecule has 0 amide bonds. The van der Waals surface area contributed by atoms with Crippen LogP contribution in [0.3, 0.4) is 0 Å². The Labute approximate surface area is 140 Å². The third kappa shape index (κ3) is 3.68. The van der Waals surface area contributed by atoms with Gasteiger partial charge in [-0.3, -0.25) is 9.78 Å². The van der Waals surface area contributed by atoms with Gasteiger partial charge in [0, 0.05) is 11.8 Å². The second kappa shape index (κ2) is 7.08. The van der Waals surface area contributed by atoms with Crippen molar-refractivity contribution in [2.24, 2.45) is 5.10 Å². The van der Waals surface area contributed by atoms with Gasteiger partial charge in [-0.05, 0) is 35.7 Å². The van der Waals surface area contributed by atoms with E-state index in [1.807, 2.05) is 25.1 Å². The molecule has 0 aliphatic heterocycles. The van der Waals surface area contributed by atoms with Crippen LogP contribution in [0.15, 0.2) is 58.4 Å². The molecule has 2 N–H and O–H groups in total. The van der Waals surface area contributed by atoms with Crippen molar-refractivity contribution in [1.82, 2.24) is 9.97 Å². The van der Waals surface area contributed by atoms with Gasteiger partial charge in [-0.2, -0.15) is 5.10 Å². The van der Waals surface area contributed by atoms with Crippen molar-refractivity contribution in [2.75, 3.05) is 5.43 Å². The molecule has 0 saturated carbocycles. The van der Waals surface area contributed by atoms with Crippen LogP contribution in [0.4, 0.5) is 5.95 Å². The molecule has 0 atom stereocenters. The van der Waals surface area contributed by atoms with Gasteiger partial charge in [0.05, 0.1) is 5.71 Å². The average molecular weight is 320 g/mol. The number of fused-ring (bicyclic) bond motifs is 1. The van der Waals surface area contributed by atoms with Crippen molar-refractivity contribution in [3.63, 3.8) is 0 Å². The summed E-state index contributed by atoms with van der Waals surface area (Å²) in [4.78, 5) is 18.7. The largest absolute Gasteiger partial charge is 0.291 e. The van der Waals surface area contributed by atoms with Crippen molar-refractivity contribution < 1.29 is 0 Å². The summed E-state index contributed by atoms with van der Waals surface area (Å²) in [7, 11) is 0. The maximum Gasteiger partial charge on any atom is 0.252 e. The molecule has 0 saturated heterocycles. The minimum Gasteiger partial charge on any atom is -0.291 e. The Kier molecular flexibility index (Phi) is 4.70. The molecule has 3 aromatic rings. The van der Waals surface area contributed by atoms with E-state index in [0.29, 0.717) is 5.95 Å². The SMILES string of the molecule is CCCc1cc(=O)[nH]c(N/N=C(/C)c2ccc3ccccc3c2)n1. The van der Waals surface area contributed by atoms with E-state index in [1.165, 1.54) is 16.8 Å². The van der Waals surface area contributed by atoms with Gasteiger partial charge in [0.1, 0.15) is 0 Å². The Morgan fingerprint density at radius 1 is 1.17 bits per heavy atom. The summed E-state index contributed by atoms with van der Waals surface area (Å²) in [6, 6.07) is 15.9. The number of aryl methyl sites for hydroxylation is 1. The Bertz CT molecular complexity index is 943. The molecule has 1 heterocycles. The second-order valence-electron chi connectivity index (χ2n) is 5.71. The standard InChI is InChI=1S/C19H20N4O/c1-3-6-17-12-18(24)21-19(20-17)23-22-13(2)15-10-9-14-7-4-5-8-16(14)11-15/h4-5,7-12H,3,6H2,1-2H3,(H2,20,21,23,24)/b22-13-. The topological polar surface area (TPSA) is 70.1 Å². The molecule has 24 heavy (non-hydrogen) atoms. The molecule has 0 radical (unpaired) electrons. The highest BCUT2D eigenvalue weighted by Gasteiger charge is 2.02. The molecule has 5 nitrogen and oxygen atoms in total. The lowest BCUT2D eigenvalue weighted by atomic mass is 10.0. The maximum atomic E-state index is 11.7. The summed E-state index contributed by atoms with van der Waals surface area (Å²) < 4.78 is 0. The van der Waals surface area contributed by atoms with E-state index in [9.17, 15) is 4.79 Å². The number of nitrogens with one attached hydrogen (secondary N) is 2. The minimum atomic E-state index is -0.172. The van der Waals surface area contributed by atoms with Crippen LogP contribution in [0.2, 0.25) is 0 Å². The molecule has 0 unspecified atom stereocenters. The van der Waals surface area contributed by atoms with E-state index in [-0.39, 0.29) is 5.56 Å². The molecular formula is C19H20N4O. The first kappa shape index (κ1) is 15.9. The van der Waals surface area contributed by atoms with E-state index in [0.717, 1.165) is 29.8 Å². The summed E-state index contributed by atoms with van der Waals surface area (Å²) in [5.41, 5.74) is 5.29. The molecule has 2 aromatic carbocycles. The van der Waals surface area contributed by atoms with Crippen LogP contribution < -0.4 is 11.0 Å². The Morgan fingerprint density at radius 3 is 2.75 bits per heavy atom. The van der Waals surface area contributed by atoms with Crippen molar-refractivity contribution in [2.45, 2.75) is 26.7 Å². The van der Waals surface area contributed by atoms with Crippen LogP contribution in [0, 0.1) is 0 Å². The van der Waals surface area contributed by atoms with Gasteiger partial charge in [-0.1, -0.05) is 49.7 Å². The number of hydrogen-bond donors (Lipinski definition) is 2. The van der Waals surface area contributed by atoms with Crippen molar-refractivity contribution in [3.8, 4) is 0 Å². The maximum absolute atomic E-state index is 11.7.